The van der Waals surface area contributed by atoms with E-state index in [9.17, 15) is 0 Å². The van der Waals surface area contributed by atoms with Gasteiger partial charge in [-0.05, 0) is 6.42 Å². The average molecular weight is 133 g/mol. The Labute approximate surface area is 51.9 Å². The molecule has 1 fully saturated rings. The molecule has 8 heavy (non-hydrogen) atoms. The molecular formula is C4H7NO2S. The van der Waals surface area contributed by atoms with Gasteiger partial charge in [-0.25, -0.2) is 0 Å². The van der Waals surface area contributed by atoms with Gasteiger partial charge in [0.25, 0.3) is 0 Å². The van der Waals surface area contributed by atoms with Crippen molar-refractivity contribution in [2.45, 2.75) is 12.8 Å². The van der Waals surface area contributed by atoms with Crippen LogP contribution in [0, 0.1) is 0 Å². The van der Waals surface area contributed by atoms with Crippen LogP contribution in [0.25, 0.3) is 0 Å². The van der Waals surface area contributed by atoms with Crippen molar-refractivity contribution in [3.05, 3.63) is 0 Å². The number of rotatable bonds is 0. The van der Waals surface area contributed by atoms with E-state index in [-0.39, 0.29) is 0 Å². The molecule has 4 heteroatoms. The maximum atomic E-state index is 8.14. The minimum Gasteiger partial charge on any atom is -0.408 e. The number of hydrogen-bond acceptors (Lipinski definition) is 4. The molecule has 1 rings (SSSR count). The van der Waals surface area contributed by atoms with E-state index in [1.54, 1.807) is 0 Å². The maximum absolute atomic E-state index is 8.14. The molecule has 0 bridgehead atoms. The van der Waals surface area contributed by atoms with Crippen molar-refractivity contribution >= 4 is 17.9 Å². The molecule has 1 N–H and O–H groups in total. The summed E-state index contributed by atoms with van der Waals surface area (Å²) in [5, 5.41) is 11.1. The summed E-state index contributed by atoms with van der Waals surface area (Å²) in [7, 11) is 0. The van der Waals surface area contributed by atoms with Gasteiger partial charge in [0.15, 0.2) is 0 Å². The minimum absolute atomic E-state index is 0.446. The SMILES string of the molecule is O/N=C1\CCCSO1. The summed E-state index contributed by atoms with van der Waals surface area (Å²) >= 11 is 1.34. The van der Waals surface area contributed by atoms with Gasteiger partial charge in [0.05, 0.1) is 12.0 Å². The Morgan fingerprint density at radius 3 is 3.00 bits per heavy atom. The largest absolute Gasteiger partial charge is 0.408 e. The van der Waals surface area contributed by atoms with Crippen molar-refractivity contribution in [3.63, 3.8) is 0 Å². The lowest BCUT2D eigenvalue weighted by Gasteiger charge is -2.09. The molecule has 0 atom stereocenters. The van der Waals surface area contributed by atoms with Crippen LogP contribution in [0.4, 0.5) is 0 Å². The minimum atomic E-state index is 0.446. The third-order valence-electron chi connectivity index (χ3n) is 0.885. The summed E-state index contributed by atoms with van der Waals surface area (Å²) in [4.78, 5) is 0. The van der Waals surface area contributed by atoms with Gasteiger partial charge < -0.3 is 9.39 Å². The fourth-order valence-electron chi connectivity index (χ4n) is 0.500. The van der Waals surface area contributed by atoms with Crippen molar-refractivity contribution in [1.82, 2.24) is 0 Å². The second-order valence-corrected chi connectivity index (χ2v) is 2.31. The first-order chi connectivity index (χ1) is 3.93. The predicted octanol–water partition coefficient (Wildman–Crippen LogP) is 1.23. The summed E-state index contributed by atoms with van der Waals surface area (Å²) in [5.41, 5.74) is 0. The van der Waals surface area contributed by atoms with Gasteiger partial charge in [0.1, 0.15) is 0 Å². The number of hydrogen-bond donors (Lipinski definition) is 1. The van der Waals surface area contributed by atoms with E-state index in [4.69, 9.17) is 9.39 Å². The predicted molar refractivity (Wildman–Crippen MR) is 32.0 cm³/mol. The zero-order valence-corrected chi connectivity index (χ0v) is 5.15. The number of oxime groups is 1. The third-order valence-corrected chi connectivity index (χ3v) is 1.65. The summed E-state index contributed by atoms with van der Waals surface area (Å²) in [6, 6.07) is 0. The van der Waals surface area contributed by atoms with Crippen molar-refractivity contribution in [2.75, 3.05) is 5.75 Å². The van der Waals surface area contributed by atoms with Gasteiger partial charge >= 0.3 is 0 Å². The summed E-state index contributed by atoms with van der Waals surface area (Å²) < 4.78 is 4.84. The van der Waals surface area contributed by atoms with Crippen molar-refractivity contribution in [2.24, 2.45) is 5.16 Å². The molecule has 0 radical (unpaired) electrons. The van der Waals surface area contributed by atoms with Gasteiger partial charge in [-0.2, -0.15) is 0 Å². The fraction of sp³-hybridized carbons (Fsp3) is 0.750. The van der Waals surface area contributed by atoms with Gasteiger partial charge in [0, 0.05) is 12.2 Å². The van der Waals surface area contributed by atoms with E-state index in [0.29, 0.717) is 5.90 Å². The highest BCUT2D eigenvalue weighted by Crippen LogP contribution is 2.15. The lowest BCUT2D eigenvalue weighted by molar-refractivity contribution is 0.303. The molecule has 46 valence electrons. The molecule has 0 amide bonds. The van der Waals surface area contributed by atoms with E-state index in [1.807, 2.05) is 0 Å². The summed E-state index contributed by atoms with van der Waals surface area (Å²) in [6.07, 6.45) is 1.81. The molecule has 3 nitrogen and oxygen atoms in total. The van der Waals surface area contributed by atoms with Gasteiger partial charge in [0.2, 0.25) is 5.90 Å². The smallest absolute Gasteiger partial charge is 0.240 e. The van der Waals surface area contributed by atoms with Crippen LogP contribution in [0.15, 0.2) is 5.16 Å². The summed E-state index contributed by atoms with van der Waals surface area (Å²) in [5.74, 6) is 1.44. The average Bonchev–Trinajstić information content (AvgIpc) is 1.90. The normalized spacial score (nSPS) is 25.2. The quantitative estimate of drug-likeness (QED) is 0.307. The van der Waals surface area contributed by atoms with Crippen LogP contribution >= 0.6 is 12.0 Å². The van der Waals surface area contributed by atoms with E-state index in [1.165, 1.54) is 12.0 Å². The second kappa shape index (κ2) is 2.81. The van der Waals surface area contributed by atoms with Crippen molar-refractivity contribution in [3.8, 4) is 0 Å². The maximum Gasteiger partial charge on any atom is 0.240 e. The standard InChI is InChI=1S/C4H7NO2S/c6-5-4-2-1-3-8-7-4/h6H,1-3H2/b5-4+. The van der Waals surface area contributed by atoms with Gasteiger partial charge in [-0.3, -0.25) is 0 Å². The molecule has 0 spiro atoms. The van der Waals surface area contributed by atoms with Crippen LogP contribution in [-0.4, -0.2) is 16.9 Å². The Hall–Kier alpha value is -0.380. The van der Waals surface area contributed by atoms with Gasteiger partial charge in [-0.15, -0.1) is 0 Å². The van der Waals surface area contributed by atoms with Crippen LogP contribution in [0.5, 0.6) is 0 Å². The first kappa shape index (κ1) is 5.75. The molecule has 1 heterocycles. The van der Waals surface area contributed by atoms with E-state index in [0.717, 1.165) is 18.6 Å². The molecule has 0 aliphatic carbocycles. The first-order valence-electron chi connectivity index (χ1n) is 2.44. The Morgan fingerprint density at radius 1 is 1.75 bits per heavy atom. The van der Waals surface area contributed by atoms with Crippen molar-refractivity contribution in [1.29, 1.82) is 0 Å². The summed E-state index contributed by atoms with van der Waals surface area (Å²) in [6.45, 7) is 0. The Bertz CT molecular complexity index is 96.2. The highest BCUT2D eigenvalue weighted by Gasteiger charge is 2.07. The Balaban J connectivity index is 2.33. The first-order valence-corrected chi connectivity index (χ1v) is 3.35. The second-order valence-electron chi connectivity index (χ2n) is 1.50. The van der Waals surface area contributed by atoms with Crippen LogP contribution in [0.1, 0.15) is 12.8 Å². The van der Waals surface area contributed by atoms with Crippen LogP contribution in [0.3, 0.4) is 0 Å². The topological polar surface area (TPSA) is 41.8 Å². The molecule has 0 unspecified atom stereocenters. The molecule has 1 saturated heterocycles. The lowest BCUT2D eigenvalue weighted by atomic mass is 10.3. The Kier molecular flexibility index (Phi) is 2.02. The van der Waals surface area contributed by atoms with Crippen molar-refractivity contribution < 1.29 is 9.39 Å². The highest BCUT2D eigenvalue weighted by atomic mass is 32.2. The van der Waals surface area contributed by atoms with E-state index >= 15 is 0 Å². The highest BCUT2D eigenvalue weighted by molar-refractivity contribution is 7.95. The van der Waals surface area contributed by atoms with E-state index < -0.39 is 0 Å². The van der Waals surface area contributed by atoms with Gasteiger partial charge in [-0.1, -0.05) is 5.16 Å². The zero-order chi connectivity index (χ0) is 5.82. The van der Waals surface area contributed by atoms with Crippen LogP contribution < -0.4 is 0 Å². The molecule has 0 saturated carbocycles. The molecule has 1 aliphatic rings. The molecule has 0 aromatic rings. The zero-order valence-electron chi connectivity index (χ0n) is 4.33. The number of nitrogens with zero attached hydrogens (tertiary/aromatic N) is 1. The Morgan fingerprint density at radius 2 is 2.62 bits per heavy atom. The van der Waals surface area contributed by atoms with Crippen LogP contribution in [-0.2, 0) is 4.18 Å². The van der Waals surface area contributed by atoms with Crippen LogP contribution in [0.2, 0.25) is 0 Å². The van der Waals surface area contributed by atoms with E-state index in [2.05, 4.69) is 5.16 Å². The molecular weight excluding hydrogens is 126 g/mol. The molecule has 1 aliphatic heterocycles. The molecule has 0 aromatic carbocycles. The monoisotopic (exact) mass is 133 g/mol. The third kappa shape index (κ3) is 1.30. The molecule has 0 aromatic heterocycles. The lowest BCUT2D eigenvalue weighted by Crippen LogP contribution is -2.06. The fourth-order valence-corrected chi connectivity index (χ4v) is 1.10.